The van der Waals surface area contributed by atoms with E-state index in [0.29, 0.717) is 5.78 Å². The molecule has 3 aromatic carbocycles. The van der Waals surface area contributed by atoms with Gasteiger partial charge in [-0.05, 0) is 41.4 Å². The Kier molecular flexibility index (Phi) is 6.47. The SMILES string of the molecule is O=C(C=P(c1ccccc1)(c1ccccc1)c1ccccc1)C1CCCCCC1. The highest BCUT2D eigenvalue weighted by Gasteiger charge is 2.28. The Morgan fingerprint density at radius 3 is 1.38 bits per heavy atom. The van der Waals surface area contributed by atoms with E-state index in [9.17, 15) is 4.79 Å². The van der Waals surface area contributed by atoms with Gasteiger partial charge in [0.25, 0.3) is 0 Å². The molecule has 148 valence electrons. The van der Waals surface area contributed by atoms with Crippen LogP contribution in [0.25, 0.3) is 0 Å². The van der Waals surface area contributed by atoms with Gasteiger partial charge in [-0.25, -0.2) is 0 Å². The van der Waals surface area contributed by atoms with Crippen LogP contribution in [0.5, 0.6) is 0 Å². The van der Waals surface area contributed by atoms with Gasteiger partial charge in [0.15, 0.2) is 5.78 Å². The average molecular weight is 401 g/mol. The first-order valence-electron chi connectivity index (χ1n) is 10.8. The zero-order valence-electron chi connectivity index (χ0n) is 16.9. The van der Waals surface area contributed by atoms with Crippen molar-refractivity contribution in [2.45, 2.75) is 38.5 Å². The fourth-order valence-electron chi connectivity index (χ4n) is 4.52. The van der Waals surface area contributed by atoms with Crippen molar-refractivity contribution in [2.75, 3.05) is 0 Å². The molecule has 0 aromatic heterocycles. The summed E-state index contributed by atoms with van der Waals surface area (Å²) in [6.07, 6.45) is 6.96. The number of benzene rings is 3. The molecule has 0 amide bonds. The summed E-state index contributed by atoms with van der Waals surface area (Å²) < 4.78 is 0. The number of hydrogen-bond donors (Lipinski definition) is 0. The van der Waals surface area contributed by atoms with Gasteiger partial charge in [0, 0.05) is 5.92 Å². The number of ketones is 1. The Balaban J connectivity index is 1.96. The molecule has 0 radical (unpaired) electrons. The quantitative estimate of drug-likeness (QED) is 0.418. The van der Waals surface area contributed by atoms with Crippen LogP contribution in [0.1, 0.15) is 38.5 Å². The molecule has 0 unspecified atom stereocenters. The van der Waals surface area contributed by atoms with Crippen LogP contribution in [-0.4, -0.2) is 11.6 Å². The second-order valence-corrected chi connectivity index (χ2v) is 11.2. The van der Waals surface area contributed by atoms with Crippen molar-refractivity contribution >= 4 is 34.4 Å². The zero-order chi connectivity index (χ0) is 19.9. The highest BCUT2D eigenvalue weighted by molar-refractivity contribution is 7.95. The standard InChI is InChI=1S/C27H29OP/c28-27(23-14-6-1-2-7-15-23)22-29(24-16-8-3-9-17-24,25-18-10-4-11-19-25)26-20-12-5-13-21-26/h3-5,8-13,16-23H,1-2,6-7,14-15H2. The van der Waals surface area contributed by atoms with Crippen LogP contribution < -0.4 is 15.9 Å². The molecule has 0 spiro atoms. The van der Waals surface area contributed by atoms with Crippen molar-refractivity contribution in [1.82, 2.24) is 0 Å². The molecule has 1 aliphatic rings. The Morgan fingerprint density at radius 2 is 1.00 bits per heavy atom. The fourth-order valence-corrected chi connectivity index (χ4v) is 8.38. The van der Waals surface area contributed by atoms with E-state index >= 15 is 0 Å². The summed E-state index contributed by atoms with van der Waals surface area (Å²) in [6, 6.07) is 31.9. The Bertz CT molecular complexity index is 865. The number of hydrogen-bond acceptors (Lipinski definition) is 1. The first kappa shape index (κ1) is 19.9. The lowest BCUT2D eigenvalue weighted by atomic mass is 9.97. The molecule has 0 atom stereocenters. The predicted molar refractivity (Wildman–Crippen MR) is 127 cm³/mol. The first-order chi connectivity index (χ1) is 14.3. The van der Waals surface area contributed by atoms with E-state index in [0.717, 1.165) is 12.8 Å². The molecule has 0 bridgehead atoms. The first-order valence-corrected chi connectivity index (χ1v) is 12.6. The predicted octanol–water partition coefficient (Wildman–Crippen LogP) is 5.32. The minimum absolute atomic E-state index is 0.174. The van der Waals surface area contributed by atoms with Gasteiger partial charge in [0.1, 0.15) is 0 Å². The van der Waals surface area contributed by atoms with Crippen LogP contribution in [0.4, 0.5) is 0 Å². The van der Waals surface area contributed by atoms with Crippen LogP contribution in [-0.2, 0) is 4.79 Å². The molecule has 29 heavy (non-hydrogen) atoms. The second-order valence-electron chi connectivity index (χ2n) is 7.95. The molecular weight excluding hydrogens is 371 g/mol. The Labute approximate surface area is 174 Å². The van der Waals surface area contributed by atoms with Crippen molar-refractivity contribution in [3.05, 3.63) is 91.0 Å². The molecule has 3 aromatic rings. The summed E-state index contributed by atoms with van der Waals surface area (Å²) in [6.45, 7) is -2.16. The van der Waals surface area contributed by atoms with Crippen LogP contribution in [0.2, 0.25) is 0 Å². The lowest BCUT2D eigenvalue weighted by Crippen LogP contribution is -2.30. The summed E-state index contributed by atoms with van der Waals surface area (Å²) in [7, 11) is 0. The van der Waals surface area contributed by atoms with E-state index in [-0.39, 0.29) is 5.92 Å². The van der Waals surface area contributed by atoms with Crippen molar-refractivity contribution in [3.8, 4) is 0 Å². The van der Waals surface area contributed by atoms with E-state index in [2.05, 4.69) is 96.8 Å². The number of rotatable bonds is 5. The fraction of sp³-hybridized carbons (Fsp3) is 0.259. The lowest BCUT2D eigenvalue weighted by Gasteiger charge is -2.29. The van der Waals surface area contributed by atoms with Gasteiger partial charge in [-0.15, -0.1) is 0 Å². The summed E-state index contributed by atoms with van der Waals surface area (Å²) in [5.41, 5.74) is 0. The van der Waals surface area contributed by atoms with Crippen LogP contribution >= 0.6 is 6.89 Å². The lowest BCUT2D eigenvalue weighted by molar-refractivity contribution is -0.116. The molecule has 0 aliphatic heterocycles. The molecule has 1 saturated carbocycles. The molecule has 2 heteroatoms. The van der Waals surface area contributed by atoms with Crippen molar-refractivity contribution in [3.63, 3.8) is 0 Å². The summed E-state index contributed by atoms with van der Waals surface area (Å²) >= 11 is 0. The molecular formula is C27H29OP. The molecule has 0 N–H and O–H groups in total. The monoisotopic (exact) mass is 400 g/mol. The van der Waals surface area contributed by atoms with Gasteiger partial charge >= 0.3 is 0 Å². The molecule has 0 heterocycles. The van der Waals surface area contributed by atoms with Gasteiger partial charge in [-0.2, -0.15) is 0 Å². The molecule has 1 aliphatic carbocycles. The van der Waals surface area contributed by atoms with Gasteiger partial charge in [0.05, 0.1) is 0 Å². The summed E-state index contributed by atoms with van der Waals surface area (Å²) in [5.74, 6) is 2.66. The third-order valence-electron chi connectivity index (χ3n) is 6.07. The van der Waals surface area contributed by atoms with E-state index in [4.69, 9.17) is 0 Å². The highest BCUT2D eigenvalue weighted by Crippen LogP contribution is 2.44. The second kappa shape index (κ2) is 9.42. The largest absolute Gasteiger partial charge is 0.294 e. The Morgan fingerprint density at radius 1 is 0.621 bits per heavy atom. The highest BCUT2D eigenvalue weighted by atomic mass is 31.2. The van der Waals surface area contributed by atoms with Gasteiger partial charge in [-0.3, -0.25) is 4.79 Å². The van der Waals surface area contributed by atoms with Crippen molar-refractivity contribution in [1.29, 1.82) is 0 Å². The van der Waals surface area contributed by atoms with E-state index in [1.807, 2.05) is 0 Å². The van der Waals surface area contributed by atoms with Gasteiger partial charge < -0.3 is 0 Å². The van der Waals surface area contributed by atoms with Gasteiger partial charge in [-0.1, -0.05) is 117 Å². The minimum atomic E-state index is -2.16. The number of carbonyl (C=O) groups excluding carboxylic acids is 1. The van der Waals surface area contributed by atoms with E-state index < -0.39 is 6.89 Å². The summed E-state index contributed by atoms with van der Waals surface area (Å²) in [4.78, 5) is 13.7. The normalized spacial score (nSPS) is 15.4. The van der Waals surface area contributed by atoms with Crippen LogP contribution in [0.15, 0.2) is 91.0 Å². The van der Waals surface area contributed by atoms with Gasteiger partial charge in [0.2, 0.25) is 0 Å². The number of Topliss-reactive ketones (excluding diaryl/α,β-unsaturated/α-hetero) is 1. The number of carbonyl (C=O) groups is 1. The molecule has 1 fully saturated rings. The summed E-state index contributed by atoms with van der Waals surface area (Å²) in [5, 5.41) is 3.75. The maximum atomic E-state index is 13.7. The molecule has 0 saturated heterocycles. The van der Waals surface area contributed by atoms with Crippen molar-refractivity contribution < 1.29 is 4.79 Å². The maximum absolute atomic E-state index is 13.7. The van der Waals surface area contributed by atoms with Crippen LogP contribution in [0.3, 0.4) is 0 Å². The van der Waals surface area contributed by atoms with E-state index in [1.165, 1.54) is 41.6 Å². The molecule has 1 nitrogen and oxygen atoms in total. The third-order valence-corrected chi connectivity index (χ3v) is 10.0. The minimum Gasteiger partial charge on any atom is -0.294 e. The zero-order valence-corrected chi connectivity index (χ0v) is 17.8. The topological polar surface area (TPSA) is 17.1 Å². The Hall–Kier alpha value is -2.37. The average Bonchev–Trinajstić information content (AvgIpc) is 3.09. The maximum Gasteiger partial charge on any atom is 0.159 e. The third kappa shape index (κ3) is 4.31. The van der Waals surface area contributed by atoms with E-state index in [1.54, 1.807) is 0 Å². The van der Waals surface area contributed by atoms with Crippen molar-refractivity contribution in [2.24, 2.45) is 5.92 Å². The molecule has 4 rings (SSSR count). The van der Waals surface area contributed by atoms with Crippen LogP contribution in [0, 0.1) is 5.92 Å². The smallest absolute Gasteiger partial charge is 0.159 e.